The summed E-state index contributed by atoms with van der Waals surface area (Å²) in [5.41, 5.74) is 5.26. The van der Waals surface area contributed by atoms with Gasteiger partial charge in [0.05, 0.1) is 22.4 Å². The number of anilines is 1. The molecule has 2 atom stereocenters. The Morgan fingerprint density at radius 2 is 1.89 bits per heavy atom. The number of carbonyl (C=O) groups is 2. The summed E-state index contributed by atoms with van der Waals surface area (Å²) in [5.74, 6) is -0.606. The number of aromatic nitrogens is 2. The molecule has 0 radical (unpaired) electrons. The van der Waals surface area contributed by atoms with E-state index in [9.17, 15) is 9.59 Å². The molecular formula is C29H26Cl2N4O2. The molecule has 6 rings (SSSR count). The largest absolute Gasteiger partial charge is 0.327 e. The topological polar surface area (TPSA) is 67.2 Å². The minimum Gasteiger partial charge on any atom is -0.327 e. The normalized spacial score (nSPS) is 22.2. The van der Waals surface area contributed by atoms with Crippen LogP contribution in [0.5, 0.6) is 0 Å². The third-order valence-corrected chi connectivity index (χ3v) is 8.15. The summed E-state index contributed by atoms with van der Waals surface area (Å²) in [5, 5.41) is 8.22. The maximum atomic E-state index is 14.3. The summed E-state index contributed by atoms with van der Waals surface area (Å²) >= 11 is 12.9. The predicted molar refractivity (Wildman–Crippen MR) is 146 cm³/mol. The number of carbonyl (C=O) groups excluding carboxylic acids is 2. The summed E-state index contributed by atoms with van der Waals surface area (Å²) in [6.07, 6.45) is 5.64. The van der Waals surface area contributed by atoms with Crippen molar-refractivity contribution in [2.75, 3.05) is 4.90 Å². The number of hydrogen-bond donors (Lipinski definition) is 1. The van der Waals surface area contributed by atoms with Gasteiger partial charge in [-0.25, -0.2) is 4.68 Å². The summed E-state index contributed by atoms with van der Waals surface area (Å²) in [7, 11) is 0. The number of alkyl halides is 1. The van der Waals surface area contributed by atoms with Crippen LogP contribution in [0.4, 0.5) is 5.69 Å². The highest BCUT2D eigenvalue weighted by Crippen LogP contribution is 2.54. The van der Waals surface area contributed by atoms with Crippen molar-refractivity contribution >= 4 is 40.7 Å². The molecule has 0 saturated heterocycles. The van der Waals surface area contributed by atoms with Crippen LogP contribution in [0.25, 0.3) is 5.69 Å². The molecule has 1 aliphatic carbocycles. The standard InChI is InChI=1S/C29H26Cl2N4O2/c1-4-17-8-6-7-9-23(17)35-22(5-2)25-26(33-35)27(36)34(24-15-19(31)11-10-16(24)3)29(25)20-13-12-18(30)14-21(20)32-28(29)37/h6-13,15,18H,4-5,14H2,1-3H3,(H,32,37). The molecule has 2 aliphatic heterocycles. The van der Waals surface area contributed by atoms with Crippen molar-refractivity contribution in [1.29, 1.82) is 0 Å². The number of nitrogens with one attached hydrogen (secondary N) is 1. The Hall–Kier alpha value is -3.35. The molecule has 3 aliphatic rings. The second-order valence-electron chi connectivity index (χ2n) is 9.63. The molecule has 188 valence electrons. The van der Waals surface area contributed by atoms with Crippen LogP contribution >= 0.6 is 23.2 Å². The lowest BCUT2D eigenvalue weighted by atomic mass is 9.80. The van der Waals surface area contributed by atoms with E-state index in [1.807, 2.05) is 54.9 Å². The van der Waals surface area contributed by atoms with E-state index in [1.165, 1.54) is 0 Å². The number of allylic oxidation sites excluding steroid dienone is 2. The first kappa shape index (κ1) is 24.0. The average Bonchev–Trinajstić information content (AvgIpc) is 3.49. The molecule has 6 nitrogen and oxygen atoms in total. The zero-order valence-corrected chi connectivity index (χ0v) is 22.3. The van der Waals surface area contributed by atoms with Gasteiger partial charge in [-0.2, -0.15) is 5.10 Å². The number of fused-ring (bicyclic) bond motifs is 3. The zero-order valence-electron chi connectivity index (χ0n) is 20.8. The van der Waals surface area contributed by atoms with Crippen LogP contribution in [0.3, 0.4) is 0 Å². The Labute approximate surface area is 225 Å². The van der Waals surface area contributed by atoms with E-state index >= 15 is 0 Å². The van der Waals surface area contributed by atoms with Gasteiger partial charge in [-0.1, -0.05) is 61.9 Å². The highest BCUT2D eigenvalue weighted by Gasteiger charge is 2.64. The van der Waals surface area contributed by atoms with Gasteiger partial charge in [0, 0.05) is 28.3 Å². The lowest BCUT2D eigenvalue weighted by molar-refractivity contribution is -0.123. The Balaban J connectivity index is 1.70. The van der Waals surface area contributed by atoms with Gasteiger partial charge >= 0.3 is 0 Å². The molecule has 2 unspecified atom stereocenters. The van der Waals surface area contributed by atoms with Gasteiger partial charge in [0.2, 0.25) is 0 Å². The highest BCUT2D eigenvalue weighted by atomic mass is 35.5. The summed E-state index contributed by atoms with van der Waals surface area (Å²) in [4.78, 5) is 30.1. The number of nitrogens with zero attached hydrogens (tertiary/aromatic N) is 3. The number of hydrogen-bond acceptors (Lipinski definition) is 3. The third-order valence-electron chi connectivity index (χ3n) is 7.61. The van der Waals surface area contributed by atoms with Gasteiger partial charge in [-0.15, -0.1) is 11.6 Å². The summed E-state index contributed by atoms with van der Waals surface area (Å²) in [6, 6.07) is 13.4. The number of aryl methyl sites for hydroxylation is 2. The van der Waals surface area contributed by atoms with Gasteiger partial charge in [0.15, 0.2) is 11.2 Å². The molecule has 2 aromatic carbocycles. The van der Waals surface area contributed by atoms with Gasteiger partial charge in [-0.05, 0) is 49.1 Å². The molecule has 1 spiro atoms. The van der Waals surface area contributed by atoms with Gasteiger partial charge < -0.3 is 5.32 Å². The second-order valence-corrected chi connectivity index (χ2v) is 10.6. The highest BCUT2D eigenvalue weighted by molar-refractivity contribution is 6.31. The Bertz CT molecular complexity index is 1550. The molecule has 0 bridgehead atoms. The number of halogens is 2. The van der Waals surface area contributed by atoms with E-state index < -0.39 is 5.54 Å². The fourth-order valence-corrected chi connectivity index (χ4v) is 6.35. The number of benzene rings is 2. The first-order valence-corrected chi connectivity index (χ1v) is 13.3. The number of amides is 2. The zero-order chi connectivity index (χ0) is 26.1. The minimum atomic E-state index is -1.41. The number of rotatable bonds is 4. The van der Waals surface area contributed by atoms with Crippen molar-refractivity contribution in [2.24, 2.45) is 0 Å². The van der Waals surface area contributed by atoms with E-state index in [4.69, 9.17) is 28.3 Å². The van der Waals surface area contributed by atoms with E-state index in [0.29, 0.717) is 29.1 Å². The van der Waals surface area contributed by atoms with Crippen molar-refractivity contribution < 1.29 is 9.59 Å². The van der Waals surface area contributed by atoms with E-state index in [2.05, 4.69) is 18.3 Å². The molecule has 2 amide bonds. The molecule has 8 heteroatoms. The lowest BCUT2D eigenvalue weighted by Crippen LogP contribution is -2.52. The van der Waals surface area contributed by atoms with Crippen LogP contribution in [-0.4, -0.2) is 27.0 Å². The molecule has 3 heterocycles. The third kappa shape index (κ3) is 3.22. The van der Waals surface area contributed by atoms with Crippen LogP contribution in [0.1, 0.15) is 53.1 Å². The molecule has 0 fully saturated rings. The fourth-order valence-electron chi connectivity index (χ4n) is 5.96. The van der Waals surface area contributed by atoms with E-state index in [-0.39, 0.29) is 22.9 Å². The van der Waals surface area contributed by atoms with Crippen LogP contribution < -0.4 is 10.2 Å². The molecule has 1 aromatic heterocycles. The first-order chi connectivity index (χ1) is 17.8. The van der Waals surface area contributed by atoms with Crippen molar-refractivity contribution in [3.63, 3.8) is 0 Å². The Kier molecular flexibility index (Phi) is 5.58. The average molecular weight is 533 g/mol. The maximum Gasteiger partial charge on any atom is 0.280 e. The van der Waals surface area contributed by atoms with Crippen molar-refractivity contribution in [1.82, 2.24) is 15.1 Å². The Morgan fingerprint density at radius 1 is 1.11 bits per heavy atom. The van der Waals surface area contributed by atoms with Gasteiger partial charge in [0.1, 0.15) is 0 Å². The SMILES string of the molecule is CCc1ccccc1-n1nc2c(c1CC)C1(C(=O)NC3=C1C=CC(Cl)C3)N(c1cc(Cl)ccc1C)C2=O. The maximum absolute atomic E-state index is 14.3. The fraction of sp³-hybridized carbons (Fsp3) is 0.276. The number of para-hydroxylation sites is 1. The van der Waals surface area contributed by atoms with E-state index in [0.717, 1.165) is 40.2 Å². The molecular weight excluding hydrogens is 507 g/mol. The monoisotopic (exact) mass is 532 g/mol. The molecule has 0 saturated carbocycles. The summed E-state index contributed by atoms with van der Waals surface area (Å²) < 4.78 is 1.86. The van der Waals surface area contributed by atoms with Crippen LogP contribution in [0.2, 0.25) is 5.02 Å². The molecule has 37 heavy (non-hydrogen) atoms. The van der Waals surface area contributed by atoms with E-state index in [1.54, 1.807) is 17.0 Å². The summed E-state index contributed by atoms with van der Waals surface area (Å²) in [6.45, 7) is 6.03. The van der Waals surface area contributed by atoms with Crippen LogP contribution in [-0.2, 0) is 23.2 Å². The Morgan fingerprint density at radius 3 is 2.65 bits per heavy atom. The van der Waals surface area contributed by atoms with Crippen LogP contribution in [0, 0.1) is 6.92 Å². The first-order valence-electron chi connectivity index (χ1n) is 12.5. The molecule has 3 aromatic rings. The lowest BCUT2D eigenvalue weighted by Gasteiger charge is -2.37. The van der Waals surface area contributed by atoms with Gasteiger partial charge in [0.25, 0.3) is 11.8 Å². The minimum absolute atomic E-state index is 0.239. The van der Waals surface area contributed by atoms with Gasteiger partial charge in [-0.3, -0.25) is 14.5 Å². The molecule has 1 N–H and O–H groups in total. The second kappa shape index (κ2) is 8.61. The van der Waals surface area contributed by atoms with Crippen LogP contribution in [0.15, 0.2) is 65.9 Å². The van der Waals surface area contributed by atoms with Crippen molar-refractivity contribution in [3.05, 3.63) is 99.0 Å². The quantitative estimate of drug-likeness (QED) is 0.434. The van der Waals surface area contributed by atoms with Crippen molar-refractivity contribution in [2.45, 2.75) is 50.9 Å². The predicted octanol–water partition coefficient (Wildman–Crippen LogP) is 5.77. The van der Waals surface area contributed by atoms with Crippen molar-refractivity contribution in [3.8, 4) is 5.69 Å². The smallest absolute Gasteiger partial charge is 0.280 e.